The molecular formula is C21H27NO4. The number of methoxy groups -OCH3 is 1. The third-order valence-corrected chi connectivity index (χ3v) is 6.64. The van der Waals surface area contributed by atoms with Crippen molar-refractivity contribution in [1.29, 1.82) is 0 Å². The molecule has 1 N–H and O–H groups in total. The molecule has 0 aromatic heterocycles. The first-order valence-corrected chi connectivity index (χ1v) is 9.69. The van der Waals surface area contributed by atoms with Gasteiger partial charge in [0, 0.05) is 32.5 Å². The fourth-order valence-electron chi connectivity index (χ4n) is 5.09. The van der Waals surface area contributed by atoms with Gasteiger partial charge in [-0.15, -0.1) is 0 Å². The number of rotatable bonds is 5. The summed E-state index contributed by atoms with van der Waals surface area (Å²) in [4.78, 5) is 25.8. The van der Waals surface area contributed by atoms with Crippen molar-refractivity contribution in [3.8, 4) is 0 Å². The average Bonchev–Trinajstić information content (AvgIpc) is 2.96. The summed E-state index contributed by atoms with van der Waals surface area (Å²) in [5.41, 5.74) is 3.55. The number of ether oxygens (including phenoxy) is 1. The Hall–Kier alpha value is -1.88. The average molecular weight is 357 g/mol. The molecule has 2 unspecified atom stereocenters. The van der Waals surface area contributed by atoms with E-state index in [0.717, 1.165) is 37.8 Å². The predicted octanol–water partition coefficient (Wildman–Crippen LogP) is 2.65. The Labute approximate surface area is 154 Å². The van der Waals surface area contributed by atoms with E-state index in [1.807, 2.05) is 11.0 Å². The van der Waals surface area contributed by atoms with Crippen LogP contribution < -0.4 is 0 Å². The van der Waals surface area contributed by atoms with Gasteiger partial charge >= 0.3 is 5.97 Å². The van der Waals surface area contributed by atoms with Gasteiger partial charge in [0.05, 0.1) is 6.10 Å². The maximum absolute atomic E-state index is 13.0. The first kappa shape index (κ1) is 17.5. The number of carboxylic acids is 1. The maximum atomic E-state index is 13.0. The highest BCUT2D eigenvalue weighted by Crippen LogP contribution is 2.51. The predicted molar refractivity (Wildman–Crippen MR) is 96.6 cm³/mol. The lowest BCUT2D eigenvalue weighted by molar-refractivity contribution is -0.137. The molecule has 0 radical (unpaired) electrons. The van der Waals surface area contributed by atoms with E-state index in [4.69, 9.17) is 9.84 Å². The highest BCUT2D eigenvalue weighted by atomic mass is 16.5. The van der Waals surface area contributed by atoms with Gasteiger partial charge in [-0.05, 0) is 60.6 Å². The summed E-state index contributed by atoms with van der Waals surface area (Å²) < 4.78 is 5.50. The third kappa shape index (κ3) is 3.25. The molecule has 0 bridgehead atoms. The largest absolute Gasteiger partial charge is 0.481 e. The Morgan fingerprint density at radius 1 is 1.23 bits per heavy atom. The van der Waals surface area contributed by atoms with Crippen molar-refractivity contribution in [1.82, 2.24) is 4.90 Å². The minimum Gasteiger partial charge on any atom is -0.481 e. The smallest absolute Gasteiger partial charge is 0.303 e. The lowest BCUT2D eigenvalue weighted by atomic mass is 9.73. The van der Waals surface area contributed by atoms with Crippen LogP contribution in [0.3, 0.4) is 0 Å². The zero-order valence-corrected chi connectivity index (χ0v) is 15.3. The number of carboxylic acid groups (broad SMARTS) is 1. The second kappa shape index (κ2) is 7.03. The Bertz CT molecular complexity index is 716. The van der Waals surface area contributed by atoms with Crippen molar-refractivity contribution < 1.29 is 19.4 Å². The summed E-state index contributed by atoms with van der Waals surface area (Å²) in [7, 11) is 1.78. The van der Waals surface area contributed by atoms with Crippen LogP contribution in [0.5, 0.6) is 0 Å². The van der Waals surface area contributed by atoms with E-state index in [9.17, 15) is 9.59 Å². The van der Waals surface area contributed by atoms with Crippen molar-refractivity contribution in [3.05, 3.63) is 34.9 Å². The topological polar surface area (TPSA) is 66.8 Å². The first-order valence-electron chi connectivity index (χ1n) is 9.69. The minimum atomic E-state index is -0.763. The summed E-state index contributed by atoms with van der Waals surface area (Å²) in [5.74, 6) is 0.989. The number of nitrogens with zero attached hydrogens (tertiary/aromatic N) is 1. The van der Waals surface area contributed by atoms with Gasteiger partial charge in [0.25, 0.3) is 0 Å². The van der Waals surface area contributed by atoms with Crippen LogP contribution in [-0.4, -0.2) is 41.6 Å². The van der Waals surface area contributed by atoms with Crippen LogP contribution in [-0.2, 0) is 33.7 Å². The van der Waals surface area contributed by atoms with Crippen LogP contribution in [0.25, 0.3) is 0 Å². The molecular weight excluding hydrogens is 330 g/mol. The minimum absolute atomic E-state index is 0.163. The van der Waals surface area contributed by atoms with Crippen molar-refractivity contribution in [2.24, 2.45) is 17.8 Å². The molecule has 3 aliphatic rings. The van der Waals surface area contributed by atoms with E-state index in [1.54, 1.807) is 7.11 Å². The van der Waals surface area contributed by atoms with Crippen molar-refractivity contribution >= 4 is 11.9 Å². The van der Waals surface area contributed by atoms with Gasteiger partial charge < -0.3 is 14.7 Å². The highest BCUT2D eigenvalue weighted by molar-refractivity contribution is 5.79. The molecule has 4 atom stereocenters. The molecule has 1 aliphatic heterocycles. The van der Waals surface area contributed by atoms with Gasteiger partial charge in [-0.25, -0.2) is 0 Å². The second-order valence-corrected chi connectivity index (χ2v) is 8.11. The summed E-state index contributed by atoms with van der Waals surface area (Å²) in [6.45, 7) is 1.46. The number of aliphatic carboxylic acids is 1. The second-order valence-electron chi connectivity index (χ2n) is 8.11. The molecule has 4 rings (SSSR count). The number of fused-ring (bicyclic) bond motifs is 2. The summed E-state index contributed by atoms with van der Waals surface area (Å²) >= 11 is 0. The number of hydrogen-bond acceptors (Lipinski definition) is 3. The molecule has 1 aromatic rings. The normalized spacial score (nSPS) is 29.7. The van der Waals surface area contributed by atoms with Gasteiger partial charge in [0.15, 0.2) is 0 Å². The molecule has 26 heavy (non-hydrogen) atoms. The molecule has 0 saturated heterocycles. The molecule has 5 nitrogen and oxygen atoms in total. The number of hydrogen-bond donors (Lipinski definition) is 1. The molecule has 2 saturated carbocycles. The van der Waals surface area contributed by atoms with E-state index >= 15 is 0 Å². The van der Waals surface area contributed by atoms with Crippen molar-refractivity contribution in [2.45, 2.75) is 51.2 Å². The number of benzene rings is 1. The summed E-state index contributed by atoms with van der Waals surface area (Å²) in [6, 6.07) is 6.21. The van der Waals surface area contributed by atoms with Crippen LogP contribution in [0.2, 0.25) is 0 Å². The third-order valence-electron chi connectivity index (χ3n) is 6.64. The molecule has 1 heterocycles. The monoisotopic (exact) mass is 357 g/mol. The number of carbonyl (C=O) groups is 2. The van der Waals surface area contributed by atoms with Crippen LogP contribution in [0.15, 0.2) is 18.2 Å². The summed E-state index contributed by atoms with van der Waals surface area (Å²) in [6.07, 6.45) is 5.09. The quantitative estimate of drug-likeness (QED) is 0.880. The zero-order valence-electron chi connectivity index (χ0n) is 15.3. The van der Waals surface area contributed by atoms with Gasteiger partial charge in [-0.3, -0.25) is 9.59 Å². The number of aryl methyl sites for hydroxylation is 1. The lowest BCUT2D eigenvalue weighted by Crippen LogP contribution is -2.39. The Morgan fingerprint density at radius 2 is 2.08 bits per heavy atom. The zero-order chi connectivity index (χ0) is 18.3. The highest BCUT2D eigenvalue weighted by Gasteiger charge is 2.50. The van der Waals surface area contributed by atoms with Crippen LogP contribution in [0.1, 0.15) is 42.4 Å². The standard InChI is InChI=1S/C21H27NO4/c1-26-19-11-16-9-17(10-18(16)19)21(25)22-7-6-14-8-13(3-5-20(23)24)2-4-15(14)12-22/h2,4,8,16-19H,3,5-7,9-12H2,1H3,(H,23,24)/t16-,17?,18-,19?/m0/s1. The molecule has 1 amide bonds. The van der Waals surface area contributed by atoms with Gasteiger partial charge in [-0.2, -0.15) is 0 Å². The van der Waals surface area contributed by atoms with Crippen LogP contribution in [0.4, 0.5) is 0 Å². The Kier molecular flexibility index (Phi) is 4.74. The van der Waals surface area contributed by atoms with E-state index in [2.05, 4.69) is 12.1 Å². The number of amides is 1. The van der Waals surface area contributed by atoms with E-state index < -0.39 is 5.97 Å². The van der Waals surface area contributed by atoms with Gasteiger partial charge in [-0.1, -0.05) is 18.2 Å². The SMILES string of the molecule is COC1C[C@@H]2CC(C(=O)N3CCc4cc(CCC(=O)O)ccc4C3)C[C@H]12. The molecule has 2 fully saturated rings. The first-order chi connectivity index (χ1) is 12.5. The van der Waals surface area contributed by atoms with Gasteiger partial charge in [0.1, 0.15) is 0 Å². The van der Waals surface area contributed by atoms with E-state index in [1.165, 1.54) is 11.1 Å². The van der Waals surface area contributed by atoms with Gasteiger partial charge in [0.2, 0.25) is 5.91 Å². The van der Waals surface area contributed by atoms with Crippen LogP contribution >= 0.6 is 0 Å². The van der Waals surface area contributed by atoms with Crippen molar-refractivity contribution in [3.63, 3.8) is 0 Å². The van der Waals surface area contributed by atoms with Crippen LogP contribution in [0, 0.1) is 17.8 Å². The fourth-order valence-corrected chi connectivity index (χ4v) is 5.09. The Morgan fingerprint density at radius 3 is 2.85 bits per heavy atom. The molecule has 2 aliphatic carbocycles. The van der Waals surface area contributed by atoms with Crippen molar-refractivity contribution in [2.75, 3.05) is 13.7 Å². The molecule has 5 heteroatoms. The summed E-state index contributed by atoms with van der Waals surface area (Å²) in [5, 5.41) is 8.83. The molecule has 140 valence electrons. The fraction of sp³-hybridized carbons (Fsp3) is 0.619. The number of carbonyl (C=O) groups excluding carboxylic acids is 1. The molecule has 0 spiro atoms. The molecule has 1 aromatic carbocycles. The lowest BCUT2D eigenvalue weighted by Gasteiger charge is -2.39. The maximum Gasteiger partial charge on any atom is 0.303 e. The van der Waals surface area contributed by atoms with E-state index in [0.29, 0.717) is 36.8 Å². The Balaban J connectivity index is 1.37. The van der Waals surface area contributed by atoms with E-state index in [-0.39, 0.29) is 12.3 Å².